The summed E-state index contributed by atoms with van der Waals surface area (Å²) in [6, 6.07) is 0. The SMILES string of the molecule is [2H]C1C[C@H]2/C(=C/C=C3\C[C@@H](O)CCC3=C)CCC[C@]2(C)[C@H]1[C@H](C)CCCC(C)C. The second-order valence-corrected chi connectivity index (χ2v) is 10.6. The normalized spacial score (nSPS) is 40.8. The third-order valence-electron chi connectivity index (χ3n) is 8.05. The van der Waals surface area contributed by atoms with Crippen LogP contribution in [0.25, 0.3) is 0 Å². The Hall–Kier alpha value is -0.820. The molecule has 158 valence electrons. The van der Waals surface area contributed by atoms with E-state index in [2.05, 4.69) is 46.4 Å². The highest BCUT2D eigenvalue weighted by molar-refractivity contribution is 5.36. The Morgan fingerprint density at radius 2 is 2.00 bits per heavy atom. The van der Waals surface area contributed by atoms with Crippen LogP contribution in [0.15, 0.2) is 35.5 Å². The van der Waals surface area contributed by atoms with E-state index in [0.717, 1.165) is 31.6 Å². The van der Waals surface area contributed by atoms with E-state index in [1.54, 1.807) is 5.57 Å². The van der Waals surface area contributed by atoms with Crippen LogP contribution in [0.3, 0.4) is 0 Å². The van der Waals surface area contributed by atoms with Crippen LogP contribution >= 0.6 is 0 Å². The van der Waals surface area contributed by atoms with Gasteiger partial charge in [-0.1, -0.05) is 76.8 Å². The lowest BCUT2D eigenvalue weighted by molar-refractivity contribution is 0.0929. The minimum atomic E-state index is -0.207. The molecule has 1 nitrogen and oxygen atoms in total. The molecule has 0 aromatic carbocycles. The molecule has 6 atom stereocenters. The number of allylic oxidation sites excluding steroid dienone is 4. The van der Waals surface area contributed by atoms with Gasteiger partial charge in [-0.15, -0.1) is 0 Å². The Kier molecular flexibility index (Phi) is 6.81. The van der Waals surface area contributed by atoms with Gasteiger partial charge < -0.3 is 5.11 Å². The molecular weight excluding hydrogens is 340 g/mol. The zero-order chi connectivity index (χ0) is 21.2. The van der Waals surface area contributed by atoms with Crippen molar-refractivity contribution in [2.75, 3.05) is 0 Å². The molecule has 1 unspecified atom stereocenters. The van der Waals surface area contributed by atoms with Crippen LogP contribution in [-0.2, 0) is 0 Å². The molecule has 0 aromatic heterocycles. The van der Waals surface area contributed by atoms with Crippen LogP contribution in [-0.4, -0.2) is 11.2 Å². The van der Waals surface area contributed by atoms with Crippen LogP contribution in [0.2, 0.25) is 0 Å². The Morgan fingerprint density at radius 1 is 1.21 bits per heavy atom. The summed E-state index contributed by atoms with van der Waals surface area (Å²) in [5.74, 6) is 2.53. The summed E-state index contributed by atoms with van der Waals surface area (Å²) in [5, 5.41) is 10.0. The maximum absolute atomic E-state index is 10.0. The molecule has 3 fully saturated rings. The highest BCUT2D eigenvalue weighted by Gasteiger charge is 2.50. The van der Waals surface area contributed by atoms with E-state index in [4.69, 9.17) is 1.37 Å². The van der Waals surface area contributed by atoms with E-state index in [9.17, 15) is 5.11 Å². The quantitative estimate of drug-likeness (QED) is 0.498. The van der Waals surface area contributed by atoms with Gasteiger partial charge in [0.15, 0.2) is 0 Å². The fourth-order valence-electron chi connectivity index (χ4n) is 6.32. The average molecular weight is 386 g/mol. The van der Waals surface area contributed by atoms with Crippen LogP contribution in [0.4, 0.5) is 0 Å². The summed E-state index contributed by atoms with van der Waals surface area (Å²) in [4.78, 5) is 0. The molecule has 0 aliphatic heterocycles. The molecule has 0 heterocycles. The van der Waals surface area contributed by atoms with Crippen molar-refractivity contribution in [1.82, 2.24) is 0 Å². The average Bonchev–Trinajstić information content (AvgIpc) is 2.92. The van der Waals surface area contributed by atoms with E-state index in [0.29, 0.717) is 17.8 Å². The lowest BCUT2D eigenvalue weighted by Crippen LogP contribution is -2.36. The van der Waals surface area contributed by atoms with Crippen molar-refractivity contribution in [2.24, 2.45) is 29.1 Å². The predicted molar refractivity (Wildman–Crippen MR) is 121 cm³/mol. The van der Waals surface area contributed by atoms with E-state index in [1.165, 1.54) is 49.7 Å². The molecule has 1 N–H and O–H groups in total. The maximum Gasteiger partial charge on any atom is 0.0583 e. The molecule has 3 rings (SSSR count). The molecule has 0 spiro atoms. The standard InChI is InChI=1S/C27H44O/c1-19(2)8-6-9-21(4)25-15-16-26-22(10-7-17-27(25,26)5)12-13-23-18-24(28)14-11-20(23)3/h12-13,19,21,24-26,28H,3,6-11,14-18H2,1-2,4-5H3/b22-12+,23-13+/t21-,24+,25-,26+,27-/m1/s1/i15D/t15?,21-,24+,25-,26+,27-. The van der Waals surface area contributed by atoms with Gasteiger partial charge in [-0.05, 0) is 86.0 Å². The molecular formula is C27H44O. The van der Waals surface area contributed by atoms with E-state index in [-0.39, 0.29) is 17.9 Å². The van der Waals surface area contributed by atoms with E-state index < -0.39 is 0 Å². The maximum atomic E-state index is 10.0. The third-order valence-corrected chi connectivity index (χ3v) is 8.05. The minimum Gasteiger partial charge on any atom is -0.393 e. The number of fused-ring (bicyclic) bond motifs is 1. The van der Waals surface area contributed by atoms with Gasteiger partial charge >= 0.3 is 0 Å². The first-order valence-corrected chi connectivity index (χ1v) is 11.9. The Labute approximate surface area is 175 Å². The van der Waals surface area contributed by atoms with Gasteiger partial charge in [-0.2, -0.15) is 0 Å². The molecule has 0 amide bonds. The van der Waals surface area contributed by atoms with Gasteiger partial charge in [0.2, 0.25) is 0 Å². The molecule has 0 aromatic rings. The summed E-state index contributed by atoms with van der Waals surface area (Å²) < 4.78 is 8.95. The minimum absolute atomic E-state index is 0.0830. The van der Waals surface area contributed by atoms with Crippen molar-refractivity contribution in [3.05, 3.63) is 35.5 Å². The van der Waals surface area contributed by atoms with Crippen molar-refractivity contribution in [3.63, 3.8) is 0 Å². The number of hydrogen-bond acceptors (Lipinski definition) is 1. The third kappa shape index (κ3) is 4.84. The van der Waals surface area contributed by atoms with Gasteiger partial charge in [-0.3, -0.25) is 0 Å². The molecule has 3 saturated carbocycles. The fourth-order valence-corrected chi connectivity index (χ4v) is 6.32. The number of aliphatic hydroxyl groups excluding tert-OH is 1. The Morgan fingerprint density at radius 3 is 2.75 bits per heavy atom. The highest BCUT2D eigenvalue weighted by Crippen LogP contribution is 2.59. The van der Waals surface area contributed by atoms with Crippen molar-refractivity contribution >= 4 is 0 Å². The second kappa shape index (κ2) is 9.33. The van der Waals surface area contributed by atoms with Crippen LogP contribution < -0.4 is 0 Å². The second-order valence-electron chi connectivity index (χ2n) is 10.6. The van der Waals surface area contributed by atoms with Gasteiger partial charge in [0.1, 0.15) is 0 Å². The topological polar surface area (TPSA) is 20.2 Å². The number of hydrogen-bond donors (Lipinski definition) is 1. The van der Waals surface area contributed by atoms with Crippen molar-refractivity contribution in [1.29, 1.82) is 0 Å². The smallest absolute Gasteiger partial charge is 0.0583 e. The molecule has 0 bridgehead atoms. The van der Waals surface area contributed by atoms with Crippen molar-refractivity contribution < 1.29 is 6.48 Å². The molecule has 0 radical (unpaired) electrons. The molecule has 28 heavy (non-hydrogen) atoms. The van der Waals surface area contributed by atoms with Crippen LogP contribution in [0.5, 0.6) is 0 Å². The number of aliphatic hydroxyl groups is 1. The van der Waals surface area contributed by atoms with Gasteiger partial charge in [0, 0.05) is 1.37 Å². The summed E-state index contributed by atoms with van der Waals surface area (Å²) in [5.41, 5.74) is 4.29. The van der Waals surface area contributed by atoms with E-state index >= 15 is 0 Å². The first-order chi connectivity index (χ1) is 13.7. The summed E-state index contributed by atoms with van der Waals surface area (Å²) in [7, 11) is 0. The molecule has 1 heteroatoms. The monoisotopic (exact) mass is 385 g/mol. The van der Waals surface area contributed by atoms with E-state index in [1.807, 2.05) is 0 Å². The lowest BCUT2D eigenvalue weighted by Gasteiger charge is -2.44. The molecule has 3 aliphatic carbocycles. The predicted octanol–water partition coefficient (Wildman–Crippen LogP) is 7.62. The van der Waals surface area contributed by atoms with Gasteiger partial charge in [-0.25, -0.2) is 0 Å². The fraction of sp³-hybridized carbons (Fsp3) is 0.778. The van der Waals surface area contributed by atoms with Crippen molar-refractivity contribution in [3.8, 4) is 0 Å². The zero-order valence-electron chi connectivity index (χ0n) is 19.8. The summed E-state index contributed by atoms with van der Waals surface area (Å²) in [6.07, 6.45) is 15.7. The first kappa shape index (κ1) is 20.5. The molecule has 0 saturated heterocycles. The van der Waals surface area contributed by atoms with Gasteiger partial charge in [0.05, 0.1) is 6.10 Å². The number of rotatable bonds is 6. The Balaban J connectivity index is 1.75. The largest absolute Gasteiger partial charge is 0.393 e. The first-order valence-electron chi connectivity index (χ1n) is 12.5. The lowest BCUT2D eigenvalue weighted by atomic mass is 9.60. The Bertz CT molecular complexity index is 645. The highest BCUT2D eigenvalue weighted by atomic mass is 16.3. The van der Waals surface area contributed by atoms with Crippen LogP contribution in [0, 0.1) is 29.1 Å². The zero-order valence-corrected chi connectivity index (χ0v) is 18.8. The van der Waals surface area contributed by atoms with Gasteiger partial charge in [0.25, 0.3) is 0 Å². The summed E-state index contributed by atoms with van der Waals surface area (Å²) >= 11 is 0. The summed E-state index contributed by atoms with van der Waals surface area (Å²) in [6.45, 7) is 13.8. The van der Waals surface area contributed by atoms with Crippen LogP contribution in [0.1, 0.15) is 99.7 Å². The molecule has 3 aliphatic rings. The van der Waals surface area contributed by atoms with Crippen molar-refractivity contribution in [2.45, 2.75) is 104 Å².